The van der Waals surface area contributed by atoms with Crippen molar-refractivity contribution < 1.29 is 0 Å². The van der Waals surface area contributed by atoms with Crippen LogP contribution in [0, 0.1) is 6.92 Å². The van der Waals surface area contributed by atoms with Crippen molar-refractivity contribution in [3.8, 4) is 0 Å². The van der Waals surface area contributed by atoms with E-state index < -0.39 is 0 Å². The van der Waals surface area contributed by atoms with Crippen molar-refractivity contribution in [2.24, 2.45) is 0 Å². The second-order valence-electron chi connectivity index (χ2n) is 4.78. The predicted molar refractivity (Wildman–Crippen MR) is 85.0 cm³/mol. The van der Waals surface area contributed by atoms with Crippen molar-refractivity contribution in [3.63, 3.8) is 0 Å². The zero-order valence-corrected chi connectivity index (χ0v) is 13.2. The van der Waals surface area contributed by atoms with Crippen molar-refractivity contribution in [2.45, 2.75) is 33.9 Å². The van der Waals surface area contributed by atoms with E-state index in [9.17, 15) is 0 Å². The normalized spacial score (nSPS) is 11.0. The molecule has 1 aromatic heterocycles. The number of benzene rings is 1. The van der Waals surface area contributed by atoms with Gasteiger partial charge in [-0.05, 0) is 31.1 Å². The Morgan fingerprint density at radius 2 is 1.95 bits per heavy atom. The lowest BCUT2D eigenvalue weighted by Gasteiger charge is -2.18. The molecule has 0 fully saturated rings. The zero-order chi connectivity index (χ0) is 14.4. The highest BCUT2D eigenvalue weighted by Gasteiger charge is 2.03. The summed E-state index contributed by atoms with van der Waals surface area (Å²) in [6, 6.07) is 8.73. The van der Waals surface area contributed by atoms with Gasteiger partial charge in [0.2, 0.25) is 5.13 Å². The van der Waals surface area contributed by atoms with Crippen LogP contribution in [-0.4, -0.2) is 27.3 Å². The van der Waals surface area contributed by atoms with Crippen molar-refractivity contribution in [1.82, 2.24) is 14.3 Å². The first-order chi connectivity index (χ1) is 9.71. The van der Waals surface area contributed by atoms with E-state index in [1.165, 1.54) is 22.7 Å². The van der Waals surface area contributed by atoms with Gasteiger partial charge >= 0.3 is 0 Å². The van der Waals surface area contributed by atoms with E-state index in [1.807, 2.05) is 6.92 Å². The molecule has 1 heterocycles. The third-order valence-corrected chi connectivity index (χ3v) is 4.03. The second-order valence-corrected chi connectivity index (χ2v) is 5.53. The van der Waals surface area contributed by atoms with E-state index in [0.717, 1.165) is 37.1 Å². The smallest absolute Gasteiger partial charge is 0.202 e. The van der Waals surface area contributed by atoms with Crippen LogP contribution in [0.1, 0.15) is 30.8 Å². The first-order valence-electron chi connectivity index (χ1n) is 7.05. The summed E-state index contributed by atoms with van der Waals surface area (Å²) < 4.78 is 4.17. The molecule has 5 heteroatoms. The van der Waals surface area contributed by atoms with E-state index in [0.29, 0.717) is 0 Å². The van der Waals surface area contributed by atoms with E-state index in [1.54, 1.807) is 0 Å². The Kier molecular flexibility index (Phi) is 5.49. The Hall–Kier alpha value is -1.46. The maximum Gasteiger partial charge on any atom is 0.202 e. The average Bonchev–Trinajstić information content (AvgIpc) is 2.89. The largest absolute Gasteiger partial charge is 0.356 e. The van der Waals surface area contributed by atoms with Crippen LogP contribution in [0.5, 0.6) is 0 Å². The summed E-state index contributed by atoms with van der Waals surface area (Å²) >= 11 is 1.41. The Balaban J connectivity index is 1.95. The lowest BCUT2D eigenvalue weighted by molar-refractivity contribution is 0.296. The molecular weight excluding hydrogens is 268 g/mol. The molecule has 4 nitrogen and oxygen atoms in total. The molecular formula is C15H22N4S. The third kappa shape index (κ3) is 4.28. The minimum Gasteiger partial charge on any atom is -0.356 e. The maximum absolute atomic E-state index is 4.31. The highest BCUT2D eigenvalue weighted by atomic mass is 32.1. The molecule has 0 amide bonds. The number of aromatic nitrogens is 2. The summed E-state index contributed by atoms with van der Waals surface area (Å²) in [5.41, 5.74) is 2.64. The van der Waals surface area contributed by atoms with Crippen molar-refractivity contribution in [3.05, 3.63) is 41.2 Å². The van der Waals surface area contributed by atoms with Crippen LogP contribution in [0.25, 0.3) is 0 Å². The standard InChI is InChI=1S/C15H22N4S/c1-4-19(5-2)11-14-8-6-7-13(9-14)10-16-15-17-12(3)18-20-15/h6-9H,4-5,10-11H2,1-3H3,(H,16,17,18). The van der Waals surface area contributed by atoms with Crippen LogP contribution in [0.15, 0.2) is 24.3 Å². The molecule has 0 unspecified atom stereocenters. The Bertz CT molecular complexity index is 534. The molecule has 0 saturated heterocycles. The zero-order valence-electron chi connectivity index (χ0n) is 12.4. The number of nitrogens with zero attached hydrogens (tertiary/aromatic N) is 3. The van der Waals surface area contributed by atoms with Crippen LogP contribution >= 0.6 is 11.5 Å². The van der Waals surface area contributed by atoms with Gasteiger partial charge in [0.15, 0.2) is 0 Å². The van der Waals surface area contributed by atoms with Crippen molar-refractivity contribution >= 4 is 16.7 Å². The molecule has 0 atom stereocenters. The quantitative estimate of drug-likeness (QED) is 0.849. The van der Waals surface area contributed by atoms with Gasteiger partial charge in [-0.1, -0.05) is 38.1 Å². The molecule has 0 aliphatic carbocycles. The first-order valence-corrected chi connectivity index (χ1v) is 7.83. The second kappa shape index (κ2) is 7.36. The first kappa shape index (κ1) is 14.9. The highest BCUT2D eigenvalue weighted by Crippen LogP contribution is 2.13. The van der Waals surface area contributed by atoms with Gasteiger partial charge in [-0.2, -0.15) is 4.37 Å². The molecule has 0 spiro atoms. The summed E-state index contributed by atoms with van der Waals surface area (Å²) in [4.78, 5) is 6.73. The van der Waals surface area contributed by atoms with Crippen LogP contribution in [0.3, 0.4) is 0 Å². The molecule has 0 aliphatic rings. The summed E-state index contributed by atoms with van der Waals surface area (Å²) in [6.07, 6.45) is 0. The Morgan fingerprint density at radius 3 is 2.60 bits per heavy atom. The fourth-order valence-corrected chi connectivity index (χ4v) is 2.66. The Morgan fingerprint density at radius 1 is 1.20 bits per heavy atom. The summed E-state index contributed by atoms with van der Waals surface area (Å²) in [6.45, 7) is 10.3. The van der Waals surface area contributed by atoms with Gasteiger partial charge in [0.1, 0.15) is 5.82 Å². The summed E-state index contributed by atoms with van der Waals surface area (Å²) in [7, 11) is 0. The van der Waals surface area contributed by atoms with Gasteiger partial charge < -0.3 is 5.32 Å². The van der Waals surface area contributed by atoms with E-state index in [2.05, 4.69) is 57.7 Å². The molecule has 20 heavy (non-hydrogen) atoms. The lowest BCUT2D eigenvalue weighted by atomic mass is 10.1. The maximum atomic E-state index is 4.31. The minimum absolute atomic E-state index is 0.792. The van der Waals surface area contributed by atoms with Crippen LogP contribution in [0.2, 0.25) is 0 Å². The Labute approximate surface area is 125 Å². The van der Waals surface area contributed by atoms with Gasteiger partial charge in [0.05, 0.1) is 0 Å². The predicted octanol–water partition coefficient (Wildman–Crippen LogP) is 3.30. The fourth-order valence-electron chi connectivity index (χ4n) is 2.09. The fraction of sp³-hybridized carbons (Fsp3) is 0.467. The van der Waals surface area contributed by atoms with Crippen LogP contribution in [-0.2, 0) is 13.1 Å². The number of aryl methyl sites for hydroxylation is 1. The summed E-state index contributed by atoms with van der Waals surface area (Å²) in [5.74, 6) is 0.827. The topological polar surface area (TPSA) is 41.0 Å². The number of hydrogen-bond acceptors (Lipinski definition) is 5. The SMILES string of the molecule is CCN(CC)Cc1cccc(CNc2nc(C)ns2)c1. The van der Waals surface area contributed by atoms with E-state index in [-0.39, 0.29) is 0 Å². The van der Waals surface area contributed by atoms with E-state index >= 15 is 0 Å². The van der Waals surface area contributed by atoms with Gasteiger partial charge in [0.25, 0.3) is 0 Å². The monoisotopic (exact) mass is 290 g/mol. The average molecular weight is 290 g/mol. The number of anilines is 1. The molecule has 2 aromatic rings. The van der Waals surface area contributed by atoms with Gasteiger partial charge in [-0.25, -0.2) is 4.98 Å². The third-order valence-electron chi connectivity index (χ3n) is 3.26. The molecule has 1 aromatic carbocycles. The van der Waals surface area contributed by atoms with Gasteiger partial charge in [-0.3, -0.25) is 4.90 Å². The minimum atomic E-state index is 0.792. The lowest BCUT2D eigenvalue weighted by Crippen LogP contribution is -2.22. The molecule has 108 valence electrons. The molecule has 0 bridgehead atoms. The molecule has 1 N–H and O–H groups in total. The molecule has 0 aliphatic heterocycles. The van der Waals surface area contributed by atoms with Crippen LogP contribution < -0.4 is 5.32 Å². The number of hydrogen-bond donors (Lipinski definition) is 1. The highest BCUT2D eigenvalue weighted by molar-refractivity contribution is 7.09. The van der Waals surface area contributed by atoms with Gasteiger partial charge in [0, 0.05) is 24.6 Å². The van der Waals surface area contributed by atoms with Crippen molar-refractivity contribution in [2.75, 3.05) is 18.4 Å². The van der Waals surface area contributed by atoms with Crippen LogP contribution in [0.4, 0.5) is 5.13 Å². The van der Waals surface area contributed by atoms with E-state index in [4.69, 9.17) is 0 Å². The molecule has 2 rings (SSSR count). The number of rotatable bonds is 7. The molecule has 0 radical (unpaired) electrons. The van der Waals surface area contributed by atoms with Crippen molar-refractivity contribution in [1.29, 1.82) is 0 Å². The summed E-state index contributed by atoms with van der Waals surface area (Å²) in [5, 5.41) is 4.21. The number of nitrogens with one attached hydrogen (secondary N) is 1. The van der Waals surface area contributed by atoms with Gasteiger partial charge in [-0.15, -0.1) is 0 Å². The molecule has 0 saturated carbocycles.